The minimum absolute atomic E-state index is 0.0649. The number of alkyl halides is 3. The van der Waals surface area contributed by atoms with Crippen molar-refractivity contribution in [3.8, 4) is 17.6 Å². The maximum atomic E-state index is 13.3. The van der Waals surface area contributed by atoms with Crippen LogP contribution in [0.15, 0.2) is 42.5 Å². The van der Waals surface area contributed by atoms with E-state index in [9.17, 15) is 18.4 Å². The molecule has 0 amide bonds. The van der Waals surface area contributed by atoms with Crippen molar-refractivity contribution in [1.82, 2.24) is 0 Å². The summed E-state index contributed by atoms with van der Waals surface area (Å²) in [6, 6.07) is 12.0. The maximum absolute atomic E-state index is 13.3. The lowest BCUT2D eigenvalue weighted by Crippen LogP contribution is -2.11. The molecule has 1 aliphatic rings. The van der Waals surface area contributed by atoms with Gasteiger partial charge in [0.1, 0.15) is 0 Å². The van der Waals surface area contributed by atoms with E-state index >= 15 is 0 Å². The van der Waals surface area contributed by atoms with Crippen LogP contribution in [0, 0.1) is 11.3 Å². The summed E-state index contributed by atoms with van der Waals surface area (Å²) in [6.45, 7) is 0. The number of halogens is 3. The van der Waals surface area contributed by atoms with E-state index in [1.165, 1.54) is 31.4 Å². The third kappa shape index (κ3) is 4.48. The Morgan fingerprint density at radius 3 is 2.46 bits per heavy atom. The van der Waals surface area contributed by atoms with Crippen molar-refractivity contribution in [3.05, 3.63) is 59.2 Å². The highest BCUT2D eigenvalue weighted by atomic mass is 19.4. The Hall–Kier alpha value is -2.94. The molecule has 3 rings (SSSR count). The number of methoxy groups -OCH3 is 1. The number of hydrogen-bond acceptors (Lipinski definition) is 3. The smallest absolute Gasteiger partial charge is 0.417 e. The molecule has 2 aromatic carbocycles. The molecule has 6 heteroatoms. The summed E-state index contributed by atoms with van der Waals surface area (Å²) in [4.78, 5) is 0. The molecule has 2 aromatic rings. The van der Waals surface area contributed by atoms with E-state index in [2.05, 4.69) is 0 Å². The molecule has 0 atom stereocenters. The summed E-state index contributed by atoms with van der Waals surface area (Å²) in [5.74, 6) is 1.09. The van der Waals surface area contributed by atoms with E-state index < -0.39 is 11.7 Å². The van der Waals surface area contributed by atoms with Gasteiger partial charge in [0.05, 0.1) is 30.4 Å². The third-order valence-corrected chi connectivity index (χ3v) is 4.74. The van der Waals surface area contributed by atoms with E-state index in [0.717, 1.165) is 31.7 Å². The first-order chi connectivity index (χ1) is 13.4. The van der Waals surface area contributed by atoms with Crippen molar-refractivity contribution in [2.45, 2.75) is 38.0 Å². The van der Waals surface area contributed by atoms with Crippen molar-refractivity contribution in [1.29, 1.82) is 5.26 Å². The molecule has 0 N–H and O–H groups in total. The number of hydrogen-bond donors (Lipinski definition) is 0. The van der Waals surface area contributed by atoms with Gasteiger partial charge in [-0.25, -0.2) is 0 Å². The van der Waals surface area contributed by atoms with Crippen molar-refractivity contribution in [3.63, 3.8) is 0 Å². The van der Waals surface area contributed by atoms with Crippen LogP contribution in [-0.4, -0.2) is 13.2 Å². The van der Waals surface area contributed by atoms with Crippen LogP contribution >= 0.6 is 0 Å². The largest absolute Gasteiger partial charge is 0.493 e. The summed E-state index contributed by atoms with van der Waals surface area (Å²) in [7, 11) is 1.53. The zero-order valence-electron chi connectivity index (χ0n) is 15.4. The van der Waals surface area contributed by atoms with Gasteiger partial charge >= 0.3 is 6.18 Å². The lowest BCUT2D eigenvalue weighted by Gasteiger charge is -2.16. The van der Waals surface area contributed by atoms with Gasteiger partial charge in [-0.1, -0.05) is 24.3 Å². The fraction of sp³-hybridized carbons (Fsp3) is 0.318. The topological polar surface area (TPSA) is 42.2 Å². The quantitative estimate of drug-likeness (QED) is 0.460. The molecule has 0 bridgehead atoms. The summed E-state index contributed by atoms with van der Waals surface area (Å²) in [5, 5.41) is 9.49. The van der Waals surface area contributed by atoms with E-state index in [0.29, 0.717) is 17.1 Å². The number of ether oxygens (including phenoxy) is 2. The molecule has 0 heterocycles. The van der Waals surface area contributed by atoms with Crippen LogP contribution < -0.4 is 9.47 Å². The SMILES string of the molecule is COc1ccc(/C=C(\C#N)c2ccccc2C(F)(F)F)cc1OC1CCCC1. The molecule has 1 aliphatic carbocycles. The van der Waals surface area contributed by atoms with Crippen molar-refractivity contribution < 1.29 is 22.6 Å². The lowest BCUT2D eigenvalue weighted by molar-refractivity contribution is -0.137. The molecule has 3 nitrogen and oxygen atoms in total. The summed E-state index contributed by atoms with van der Waals surface area (Å²) < 4.78 is 51.3. The second-order valence-electron chi connectivity index (χ2n) is 6.65. The van der Waals surface area contributed by atoms with Crippen LogP contribution in [0.4, 0.5) is 13.2 Å². The Balaban J connectivity index is 1.98. The standard InChI is InChI=1S/C22H20F3NO2/c1-27-20-11-10-15(13-21(20)28-17-6-2-3-7-17)12-16(14-26)18-8-4-5-9-19(18)22(23,24)25/h4-5,8-13,17H,2-3,6-7H2,1H3/b16-12+. The second-order valence-corrected chi connectivity index (χ2v) is 6.65. The molecular weight excluding hydrogens is 367 g/mol. The average Bonchev–Trinajstić information content (AvgIpc) is 3.19. The molecule has 146 valence electrons. The number of rotatable bonds is 5. The van der Waals surface area contributed by atoms with Crippen molar-refractivity contribution in [2.75, 3.05) is 7.11 Å². The Morgan fingerprint density at radius 1 is 1.11 bits per heavy atom. The fourth-order valence-corrected chi connectivity index (χ4v) is 3.36. The lowest BCUT2D eigenvalue weighted by atomic mass is 9.98. The van der Waals surface area contributed by atoms with Gasteiger partial charge in [-0.3, -0.25) is 0 Å². The van der Waals surface area contributed by atoms with Gasteiger partial charge < -0.3 is 9.47 Å². The van der Waals surface area contributed by atoms with Crippen LogP contribution in [0.1, 0.15) is 42.4 Å². The van der Waals surface area contributed by atoms with Crippen LogP contribution in [0.2, 0.25) is 0 Å². The van der Waals surface area contributed by atoms with E-state index in [1.807, 2.05) is 6.07 Å². The predicted molar refractivity (Wildman–Crippen MR) is 101 cm³/mol. The minimum atomic E-state index is -4.54. The minimum Gasteiger partial charge on any atom is -0.493 e. The summed E-state index contributed by atoms with van der Waals surface area (Å²) >= 11 is 0. The van der Waals surface area contributed by atoms with E-state index in [1.54, 1.807) is 18.2 Å². The molecule has 0 radical (unpaired) electrons. The first kappa shape index (κ1) is 19.8. The van der Waals surface area contributed by atoms with Crippen LogP contribution in [0.3, 0.4) is 0 Å². The van der Waals surface area contributed by atoms with Gasteiger partial charge in [0, 0.05) is 5.56 Å². The average molecular weight is 387 g/mol. The zero-order valence-corrected chi connectivity index (χ0v) is 15.4. The molecule has 1 saturated carbocycles. The van der Waals surface area contributed by atoms with Crippen LogP contribution in [0.25, 0.3) is 11.6 Å². The summed E-state index contributed by atoms with van der Waals surface area (Å²) in [5.41, 5.74) is -0.474. The van der Waals surface area contributed by atoms with Crippen LogP contribution in [-0.2, 0) is 6.18 Å². The predicted octanol–water partition coefficient (Wildman–Crippen LogP) is 6.10. The molecule has 0 aliphatic heterocycles. The highest BCUT2D eigenvalue weighted by Crippen LogP contribution is 2.37. The molecule has 0 saturated heterocycles. The van der Waals surface area contributed by atoms with Gasteiger partial charge in [-0.2, -0.15) is 18.4 Å². The third-order valence-electron chi connectivity index (χ3n) is 4.74. The number of benzene rings is 2. The molecule has 28 heavy (non-hydrogen) atoms. The fourth-order valence-electron chi connectivity index (χ4n) is 3.36. The highest BCUT2D eigenvalue weighted by Gasteiger charge is 2.33. The molecular formula is C22H20F3NO2. The first-order valence-electron chi connectivity index (χ1n) is 9.05. The van der Waals surface area contributed by atoms with Gasteiger partial charge in [-0.15, -0.1) is 0 Å². The Morgan fingerprint density at radius 2 is 1.82 bits per heavy atom. The van der Waals surface area contributed by atoms with Crippen LogP contribution in [0.5, 0.6) is 11.5 Å². The van der Waals surface area contributed by atoms with Gasteiger partial charge in [-0.05, 0) is 55.5 Å². The Kier molecular flexibility index (Phi) is 5.93. The summed E-state index contributed by atoms with van der Waals surface area (Å²) in [6.07, 6.45) is 1.15. The molecule has 0 spiro atoms. The van der Waals surface area contributed by atoms with Crippen molar-refractivity contribution >= 4 is 11.6 Å². The molecule has 1 fully saturated rings. The monoisotopic (exact) mass is 387 g/mol. The molecule has 0 unspecified atom stereocenters. The van der Waals surface area contributed by atoms with Gasteiger partial charge in [0.15, 0.2) is 11.5 Å². The number of nitriles is 1. The zero-order chi connectivity index (χ0) is 20.1. The Labute approximate surface area is 162 Å². The van der Waals surface area contributed by atoms with E-state index in [4.69, 9.17) is 9.47 Å². The Bertz CT molecular complexity index is 907. The van der Waals surface area contributed by atoms with Crippen molar-refractivity contribution in [2.24, 2.45) is 0 Å². The number of allylic oxidation sites excluding steroid dienone is 1. The number of nitrogens with zero attached hydrogens (tertiary/aromatic N) is 1. The second kappa shape index (κ2) is 8.39. The first-order valence-corrected chi connectivity index (χ1v) is 9.05. The van der Waals surface area contributed by atoms with E-state index in [-0.39, 0.29) is 17.2 Å². The van der Waals surface area contributed by atoms with Gasteiger partial charge in [0.25, 0.3) is 0 Å². The molecule has 0 aromatic heterocycles. The normalized spacial score (nSPS) is 15.3. The van der Waals surface area contributed by atoms with Gasteiger partial charge in [0.2, 0.25) is 0 Å². The highest BCUT2D eigenvalue weighted by molar-refractivity contribution is 5.91. The maximum Gasteiger partial charge on any atom is 0.417 e.